The smallest absolute Gasteiger partial charge is 0.328 e. The van der Waals surface area contributed by atoms with Gasteiger partial charge in [0.2, 0.25) is 10.0 Å². The van der Waals surface area contributed by atoms with E-state index in [2.05, 4.69) is 4.72 Å². The molecular formula is C13H17FN2O5S. The maximum Gasteiger partial charge on any atom is 0.328 e. The number of aliphatic carboxylic acids is 1. The summed E-state index contributed by atoms with van der Waals surface area (Å²) in [5.41, 5.74) is 0.199. The number of hydrogen-bond donors (Lipinski definition) is 3. The van der Waals surface area contributed by atoms with E-state index in [-0.39, 0.29) is 17.0 Å². The van der Waals surface area contributed by atoms with Crippen LogP contribution in [-0.2, 0) is 14.8 Å². The highest BCUT2D eigenvalue weighted by Gasteiger charge is 2.20. The molecule has 1 unspecified atom stereocenters. The fraction of sp³-hybridized carbons (Fsp3) is 0.385. The molecule has 22 heavy (non-hydrogen) atoms. The molecule has 9 heteroatoms. The minimum absolute atomic E-state index is 0.0244. The number of halogens is 1. The molecule has 1 atom stereocenters. The van der Waals surface area contributed by atoms with E-state index in [1.807, 2.05) is 5.32 Å². The molecule has 0 aliphatic heterocycles. The van der Waals surface area contributed by atoms with Gasteiger partial charge < -0.3 is 10.4 Å². The van der Waals surface area contributed by atoms with Crippen molar-refractivity contribution in [3.8, 4) is 0 Å². The number of anilines is 1. The van der Waals surface area contributed by atoms with Gasteiger partial charge >= 0.3 is 5.97 Å². The van der Waals surface area contributed by atoms with Crippen molar-refractivity contribution in [1.82, 2.24) is 5.32 Å². The van der Waals surface area contributed by atoms with E-state index in [9.17, 15) is 22.4 Å². The first-order chi connectivity index (χ1) is 10.3. The van der Waals surface area contributed by atoms with Crippen LogP contribution in [0.1, 0.15) is 23.7 Å². The number of benzene rings is 1. The Labute approximate surface area is 127 Å². The Morgan fingerprint density at radius 3 is 2.59 bits per heavy atom. The van der Waals surface area contributed by atoms with E-state index in [0.29, 0.717) is 6.42 Å². The summed E-state index contributed by atoms with van der Waals surface area (Å²) < 4.78 is 38.1. The third-order valence-corrected chi connectivity index (χ3v) is 4.12. The normalized spacial score (nSPS) is 12.5. The van der Waals surface area contributed by atoms with Crippen LogP contribution in [0.15, 0.2) is 24.3 Å². The Balaban J connectivity index is 2.88. The van der Waals surface area contributed by atoms with Crippen LogP contribution >= 0.6 is 0 Å². The number of hydrogen-bond acceptors (Lipinski definition) is 4. The second-order valence-electron chi connectivity index (χ2n) is 4.52. The summed E-state index contributed by atoms with van der Waals surface area (Å²) in [6, 6.07) is 3.86. The molecule has 0 heterocycles. The predicted octanol–water partition coefficient (Wildman–Crippen LogP) is 0.991. The van der Waals surface area contributed by atoms with Gasteiger partial charge in [-0.2, -0.15) is 0 Å². The van der Waals surface area contributed by atoms with Crippen molar-refractivity contribution in [3.63, 3.8) is 0 Å². The largest absolute Gasteiger partial charge is 0.480 e. The van der Waals surface area contributed by atoms with Crippen molar-refractivity contribution in [2.45, 2.75) is 19.4 Å². The van der Waals surface area contributed by atoms with Crippen molar-refractivity contribution in [1.29, 1.82) is 0 Å². The topological polar surface area (TPSA) is 113 Å². The van der Waals surface area contributed by atoms with Crippen molar-refractivity contribution >= 4 is 27.6 Å². The Hall–Kier alpha value is -2.16. The van der Waals surface area contributed by atoms with E-state index in [1.165, 1.54) is 24.3 Å². The third kappa shape index (κ3) is 5.32. The molecule has 1 aromatic carbocycles. The summed E-state index contributed by atoms with van der Waals surface area (Å²) in [4.78, 5) is 22.5. The maximum atomic E-state index is 12.5. The second-order valence-corrected chi connectivity index (χ2v) is 6.36. The monoisotopic (exact) mass is 332 g/mol. The van der Waals surface area contributed by atoms with Crippen molar-refractivity contribution in [3.05, 3.63) is 29.8 Å². The molecule has 0 fully saturated rings. The van der Waals surface area contributed by atoms with Gasteiger partial charge in [-0.25, -0.2) is 17.6 Å². The number of sulfonamides is 1. The van der Waals surface area contributed by atoms with Gasteiger partial charge in [0.25, 0.3) is 5.91 Å². The first-order valence-corrected chi connectivity index (χ1v) is 8.14. The van der Waals surface area contributed by atoms with Gasteiger partial charge in [-0.3, -0.25) is 9.52 Å². The summed E-state index contributed by atoms with van der Waals surface area (Å²) >= 11 is 0. The van der Waals surface area contributed by atoms with E-state index in [1.54, 1.807) is 6.92 Å². The lowest BCUT2D eigenvalue weighted by Crippen LogP contribution is -2.42. The molecule has 0 aliphatic rings. The molecule has 0 spiro atoms. The minimum Gasteiger partial charge on any atom is -0.480 e. The van der Waals surface area contributed by atoms with Crippen LogP contribution in [0.3, 0.4) is 0 Å². The molecule has 0 radical (unpaired) electrons. The van der Waals surface area contributed by atoms with E-state index >= 15 is 0 Å². The molecule has 0 bridgehead atoms. The second kappa shape index (κ2) is 7.74. The van der Waals surface area contributed by atoms with Crippen LogP contribution in [0.25, 0.3) is 0 Å². The summed E-state index contributed by atoms with van der Waals surface area (Å²) in [5.74, 6) is -2.36. The van der Waals surface area contributed by atoms with Crippen LogP contribution in [0.2, 0.25) is 0 Å². The maximum absolute atomic E-state index is 12.5. The number of carbonyl (C=O) groups excluding carboxylic acids is 1. The molecule has 3 N–H and O–H groups in total. The summed E-state index contributed by atoms with van der Waals surface area (Å²) in [6.45, 7) is 0.468. The highest BCUT2D eigenvalue weighted by molar-refractivity contribution is 7.92. The van der Waals surface area contributed by atoms with Crippen LogP contribution < -0.4 is 10.0 Å². The number of rotatable bonds is 8. The molecule has 0 saturated heterocycles. The lowest BCUT2D eigenvalue weighted by Gasteiger charge is -2.12. The summed E-state index contributed by atoms with van der Waals surface area (Å²) in [5, 5.41) is 10.7. The number of amides is 1. The first-order valence-electron chi connectivity index (χ1n) is 6.49. The van der Waals surface area contributed by atoms with Crippen molar-refractivity contribution < 1.29 is 27.5 Å². The van der Waals surface area contributed by atoms with Gasteiger partial charge in [0.1, 0.15) is 6.67 Å². The van der Waals surface area contributed by atoms with Gasteiger partial charge in [-0.15, -0.1) is 0 Å². The molecule has 7 nitrogen and oxygen atoms in total. The van der Waals surface area contributed by atoms with Gasteiger partial charge in [-0.1, -0.05) is 13.0 Å². The molecule has 1 amide bonds. The predicted molar refractivity (Wildman–Crippen MR) is 79.0 cm³/mol. The molecule has 1 rings (SSSR count). The number of nitrogens with one attached hydrogen (secondary N) is 2. The zero-order valence-electron chi connectivity index (χ0n) is 11.9. The van der Waals surface area contributed by atoms with Crippen LogP contribution in [0.5, 0.6) is 0 Å². The summed E-state index contributed by atoms with van der Waals surface area (Å²) in [7, 11) is -3.50. The number of carbonyl (C=O) groups is 2. The van der Waals surface area contributed by atoms with E-state index in [0.717, 1.165) is 0 Å². The highest BCUT2D eigenvalue weighted by Crippen LogP contribution is 2.13. The Bertz CT molecular complexity index is 648. The van der Waals surface area contributed by atoms with Crippen molar-refractivity contribution in [2.24, 2.45) is 0 Å². The molecular weight excluding hydrogens is 315 g/mol. The molecule has 122 valence electrons. The quantitative estimate of drug-likeness (QED) is 0.657. The van der Waals surface area contributed by atoms with Gasteiger partial charge in [0, 0.05) is 11.3 Å². The fourth-order valence-corrected chi connectivity index (χ4v) is 2.76. The molecule has 0 aromatic heterocycles. The number of alkyl halides is 1. The standard InChI is InChI=1S/C13H17FN2O5S/c1-2-6-22(20,21)16-10-5-3-4-9(7-10)12(17)15-11(8-14)13(18)19/h3-5,7,11,16H,2,6,8H2,1H3,(H,15,17)(H,18,19). The molecule has 0 saturated carbocycles. The Kier molecular flexibility index (Phi) is 6.29. The highest BCUT2D eigenvalue weighted by atomic mass is 32.2. The van der Waals surface area contributed by atoms with Crippen LogP contribution in [0, 0.1) is 0 Å². The fourth-order valence-electron chi connectivity index (χ4n) is 1.63. The zero-order chi connectivity index (χ0) is 16.8. The Morgan fingerprint density at radius 1 is 1.36 bits per heavy atom. The first kappa shape index (κ1) is 17.9. The molecule has 0 aliphatic carbocycles. The van der Waals surface area contributed by atoms with Gasteiger partial charge in [0.15, 0.2) is 6.04 Å². The zero-order valence-corrected chi connectivity index (χ0v) is 12.7. The Morgan fingerprint density at radius 2 is 2.05 bits per heavy atom. The average Bonchev–Trinajstić information content (AvgIpc) is 2.43. The van der Waals surface area contributed by atoms with Gasteiger partial charge in [0.05, 0.1) is 5.75 Å². The third-order valence-electron chi connectivity index (χ3n) is 2.63. The van der Waals surface area contributed by atoms with E-state index in [4.69, 9.17) is 5.11 Å². The van der Waals surface area contributed by atoms with Crippen molar-refractivity contribution in [2.75, 3.05) is 17.1 Å². The van der Waals surface area contributed by atoms with Crippen LogP contribution in [0.4, 0.5) is 10.1 Å². The lowest BCUT2D eigenvalue weighted by molar-refractivity contribution is -0.139. The number of carboxylic acid groups (broad SMARTS) is 1. The lowest BCUT2D eigenvalue weighted by atomic mass is 10.2. The average molecular weight is 332 g/mol. The number of carboxylic acids is 1. The van der Waals surface area contributed by atoms with E-state index < -0.39 is 34.6 Å². The summed E-state index contributed by atoms with van der Waals surface area (Å²) in [6.07, 6.45) is 0.437. The van der Waals surface area contributed by atoms with Gasteiger partial charge in [-0.05, 0) is 24.6 Å². The molecule has 1 aromatic rings. The minimum atomic E-state index is -3.50. The van der Waals surface area contributed by atoms with Crippen LogP contribution in [-0.4, -0.2) is 43.9 Å². The SMILES string of the molecule is CCCS(=O)(=O)Nc1cccc(C(=O)NC(CF)C(=O)O)c1.